The first kappa shape index (κ1) is 19.1. The van der Waals surface area contributed by atoms with E-state index in [0.717, 1.165) is 11.3 Å². The molecule has 0 saturated carbocycles. The van der Waals surface area contributed by atoms with Gasteiger partial charge in [0.15, 0.2) is 5.58 Å². The van der Waals surface area contributed by atoms with E-state index in [2.05, 4.69) is 10.3 Å². The van der Waals surface area contributed by atoms with Crippen molar-refractivity contribution in [2.24, 2.45) is 0 Å². The average Bonchev–Trinajstić information content (AvgIpc) is 3.17. The van der Waals surface area contributed by atoms with E-state index in [1.54, 1.807) is 32.2 Å². The maximum Gasteiger partial charge on any atom is 0.272 e. The number of amides is 1. The number of rotatable bonds is 5. The predicted octanol–water partition coefficient (Wildman–Crippen LogP) is 4.97. The number of benzene rings is 3. The van der Waals surface area contributed by atoms with Crippen LogP contribution in [0.1, 0.15) is 15.9 Å². The van der Waals surface area contributed by atoms with Crippen molar-refractivity contribution in [3.63, 3.8) is 0 Å². The molecular weight excluding hydrogens is 386 g/mol. The minimum atomic E-state index is -0.476. The van der Waals surface area contributed by atoms with Gasteiger partial charge in [-0.25, -0.2) is 4.98 Å². The van der Waals surface area contributed by atoms with Gasteiger partial charge in [-0.3, -0.25) is 14.9 Å². The number of carbonyl (C=O) groups excluding carboxylic acids is 1. The van der Waals surface area contributed by atoms with E-state index in [4.69, 9.17) is 9.15 Å². The van der Waals surface area contributed by atoms with Gasteiger partial charge in [0.2, 0.25) is 5.89 Å². The molecule has 1 aromatic heterocycles. The highest BCUT2D eigenvalue weighted by molar-refractivity contribution is 6.05. The highest BCUT2D eigenvalue weighted by Gasteiger charge is 2.15. The van der Waals surface area contributed by atoms with Crippen molar-refractivity contribution >= 4 is 28.4 Å². The number of oxazole rings is 1. The van der Waals surface area contributed by atoms with Crippen LogP contribution in [0.4, 0.5) is 11.4 Å². The lowest BCUT2D eigenvalue weighted by atomic mass is 10.1. The van der Waals surface area contributed by atoms with Crippen LogP contribution in [0.5, 0.6) is 5.75 Å². The Kier molecular flexibility index (Phi) is 4.89. The Hall–Kier alpha value is -4.20. The van der Waals surface area contributed by atoms with Crippen LogP contribution in [-0.4, -0.2) is 22.9 Å². The van der Waals surface area contributed by atoms with Crippen LogP contribution >= 0.6 is 0 Å². The summed E-state index contributed by atoms with van der Waals surface area (Å²) in [6.45, 7) is 1.59. The smallest absolute Gasteiger partial charge is 0.272 e. The summed E-state index contributed by atoms with van der Waals surface area (Å²) in [4.78, 5) is 27.5. The monoisotopic (exact) mass is 403 g/mol. The van der Waals surface area contributed by atoms with Gasteiger partial charge in [-0.1, -0.05) is 0 Å². The van der Waals surface area contributed by atoms with Gasteiger partial charge in [-0.15, -0.1) is 0 Å². The van der Waals surface area contributed by atoms with E-state index in [9.17, 15) is 14.9 Å². The molecule has 150 valence electrons. The summed E-state index contributed by atoms with van der Waals surface area (Å²) < 4.78 is 10.9. The number of methoxy groups -OCH3 is 1. The van der Waals surface area contributed by atoms with Gasteiger partial charge in [0.25, 0.3) is 11.6 Å². The molecule has 30 heavy (non-hydrogen) atoms. The second kappa shape index (κ2) is 7.67. The molecule has 3 aromatic carbocycles. The van der Waals surface area contributed by atoms with Crippen LogP contribution in [0.15, 0.2) is 65.1 Å². The summed E-state index contributed by atoms with van der Waals surface area (Å²) in [6, 6.07) is 16.7. The van der Waals surface area contributed by atoms with Gasteiger partial charge < -0.3 is 14.5 Å². The largest absolute Gasteiger partial charge is 0.497 e. The van der Waals surface area contributed by atoms with Gasteiger partial charge in [-0.05, 0) is 61.5 Å². The lowest BCUT2D eigenvalue weighted by molar-refractivity contribution is -0.385. The molecule has 0 aliphatic heterocycles. The fourth-order valence-electron chi connectivity index (χ4n) is 3.07. The summed E-state index contributed by atoms with van der Waals surface area (Å²) in [7, 11) is 1.60. The second-order valence-electron chi connectivity index (χ2n) is 6.64. The van der Waals surface area contributed by atoms with Crippen molar-refractivity contribution < 1.29 is 18.9 Å². The van der Waals surface area contributed by atoms with Gasteiger partial charge in [0.1, 0.15) is 11.3 Å². The number of aromatic nitrogens is 1. The van der Waals surface area contributed by atoms with E-state index in [-0.39, 0.29) is 11.6 Å². The van der Waals surface area contributed by atoms with E-state index in [1.165, 1.54) is 18.2 Å². The molecule has 1 heterocycles. The van der Waals surface area contributed by atoms with Crippen molar-refractivity contribution in [1.29, 1.82) is 0 Å². The van der Waals surface area contributed by atoms with Crippen LogP contribution < -0.4 is 10.1 Å². The number of hydrogen-bond donors (Lipinski definition) is 1. The quantitative estimate of drug-likeness (QED) is 0.372. The molecule has 8 heteroatoms. The van der Waals surface area contributed by atoms with Crippen molar-refractivity contribution in [3.05, 3.63) is 81.9 Å². The molecular formula is C22H17N3O5. The molecule has 0 spiro atoms. The predicted molar refractivity (Wildman–Crippen MR) is 112 cm³/mol. The number of anilines is 1. The molecule has 8 nitrogen and oxygen atoms in total. The number of nitrogens with zero attached hydrogens (tertiary/aromatic N) is 2. The molecule has 0 fully saturated rings. The number of nitrogens with one attached hydrogen (secondary N) is 1. The highest BCUT2D eigenvalue weighted by Crippen LogP contribution is 2.28. The fraction of sp³-hybridized carbons (Fsp3) is 0.0909. The Morgan fingerprint density at radius 1 is 1.10 bits per heavy atom. The van der Waals surface area contributed by atoms with Crippen LogP contribution in [0.2, 0.25) is 0 Å². The van der Waals surface area contributed by atoms with Crippen molar-refractivity contribution in [2.75, 3.05) is 12.4 Å². The number of nitro groups is 1. The van der Waals surface area contributed by atoms with Gasteiger partial charge in [0, 0.05) is 28.4 Å². The molecule has 1 N–H and O–H groups in total. The molecule has 0 atom stereocenters. The topological polar surface area (TPSA) is 108 Å². The zero-order valence-electron chi connectivity index (χ0n) is 16.2. The Balaban J connectivity index is 1.57. The van der Waals surface area contributed by atoms with E-state index < -0.39 is 4.92 Å². The van der Waals surface area contributed by atoms with Crippen LogP contribution in [0, 0.1) is 17.0 Å². The normalized spacial score (nSPS) is 10.7. The Morgan fingerprint density at radius 2 is 1.87 bits per heavy atom. The summed E-state index contributed by atoms with van der Waals surface area (Å²) in [6.07, 6.45) is 0. The third-order valence-electron chi connectivity index (χ3n) is 4.64. The first-order chi connectivity index (χ1) is 14.4. The maximum absolute atomic E-state index is 12.5. The maximum atomic E-state index is 12.5. The summed E-state index contributed by atoms with van der Waals surface area (Å²) >= 11 is 0. The number of fused-ring (bicyclic) bond motifs is 1. The molecule has 0 saturated heterocycles. The number of aryl methyl sites for hydroxylation is 1. The second-order valence-corrected chi connectivity index (χ2v) is 6.64. The van der Waals surface area contributed by atoms with E-state index in [0.29, 0.717) is 33.8 Å². The van der Waals surface area contributed by atoms with E-state index >= 15 is 0 Å². The molecule has 1 amide bonds. The number of hydrogen-bond acceptors (Lipinski definition) is 6. The Bertz CT molecular complexity index is 1260. The SMILES string of the molecule is COc1ccc(-c2nc3cc(NC(=O)c4ccc([N+](=O)[O-])c(C)c4)ccc3o2)cc1. The number of ether oxygens (including phenoxy) is 1. The van der Waals surface area contributed by atoms with Crippen molar-refractivity contribution in [2.45, 2.75) is 6.92 Å². The standard InChI is InChI=1S/C22H17N3O5/c1-13-11-15(5-9-19(13)25(27)28)21(26)23-16-6-10-20-18(12-16)24-22(30-20)14-3-7-17(29-2)8-4-14/h3-12H,1-2H3,(H,23,26). The summed E-state index contributed by atoms with van der Waals surface area (Å²) in [5.41, 5.74) is 3.25. The summed E-state index contributed by atoms with van der Waals surface area (Å²) in [5.74, 6) is 0.828. The molecule has 0 radical (unpaired) electrons. The highest BCUT2D eigenvalue weighted by atomic mass is 16.6. The van der Waals surface area contributed by atoms with E-state index in [1.807, 2.05) is 24.3 Å². The molecule has 0 unspecified atom stereocenters. The number of carbonyl (C=O) groups is 1. The Labute approximate surface area is 171 Å². The minimum Gasteiger partial charge on any atom is -0.497 e. The van der Waals surface area contributed by atoms with Crippen LogP contribution in [-0.2, 0) is 0 Å². The zero-order valence-corrected chi connectivity index (χ0v) is 16.2. The molecule has 0 aliphatic carbocycles. The molecule has 0 bridgehead atoms. The van der Waals surface area contributed by atoms with Crippen LogP contribution in [0.25, 0.3) is 22.6 Å². The summed E-state index contributed by atoms with van der Waals surface area (Å²) in [5, 5.41) is 13.7. The third-order valence-corrected chi connectivity index (χ3v) is 4.64. The number of nitro benzene ring substituents is 1. The minimum absolute atomic E-state index is 0.0263. The lowest BCUT2D eigenvalue weighted by Crippen LogP contribution is -2.12. The first-order valence-corrected chi connectivity index (χ1v) is 9.06. The van der Waals surface area contributed by atoms with Gasteiger partial charge in [-0.2, -0.15) is 0 Å². The molecule has 0 aliphatic rings. The third kappa shape index (κ3) is 3.70. The van der Waals surface area contributed by atoms with Crippen molar-refractivity contribution in [3.8, 4) is 17.2 Å². The van der Waals surface area contributed by atoms with Crippen molar-refractivity contribution in [1.82, 2.24) is 4.98 Å². The lowest BCUT2D eigenvalue weighted by Gasteiger charge is -2.06. The average molecular weight is 403 g/mol. The zero-order chi connectivity index (χ0) is 21.3. The molecule has 4 aromatic rings. The van der Waals surface area contributed by atoms with Gasteiger partial charge >= 0.3 is 0 Å². The van der Waals surface area contributed by atoms with Gasteiger partial charge in [0.05, 0.1) is 12.0 Å². The van der Waals surface area contributed by atoms with Crippen LogP contribution in [0.3, 0.4) is 0 Å². The Morgan fingerprint density at radius 3 is 2.53 bits per heavy atom. The molecule has 4 rings (SSSR count). The fourth-order valence-corrected chi connectivity index (χ4v) is 3.07. The first-order valence-electron chi connectivity index (χ1n) is 9.06.